The van der Waals surface area contributed by atoms with Gasteiger partial charge in [0.2, 0.25) is 0 Å². The predicted molar refractivity (Wildman–Crippen MR) is 61.1 cm³/mol. The lowest BCUT2D eigenvalue weighted by molar-refractivity contribution is 0.0951. The lowest BCUT2D eigenvalue weighted by Crippen LogP contribution is -2.22. The topological polar surface area (TPSA) is 81.1 Å². The van der Waals surface area contributed by atoms with Gasteiger partial charge in [0.15, 0.2) is 5.13 Å². The minimum atomic E-state index is -0.178. The Morgan fingerprint density at radius 2 is 2.50 bits per heavy atom. The second-order valence-corrected chi connectivity index (χ2v) is 4.26. The van der Waals surface area contributed by atoms with Crippen LogP contribution in [0.25, 0.3) is 0 Å². The fourth-order valence-electron chi connectivity index (χ4n) is 1.29. The molecule has 2 aromatic rings. The Balaban J connectivity index is 2.01. The van der Waals surface area contributed by atoms with Crippen LogP contribution in [0.15, 0.2) is 22.8 Å². The van der Waals surface area contributed by atoms with Gasteiger partial charge in [-0.05, 0) is 19.1 Å². The molecule has 3 N–H and O–H groups in total. The van der Waals surface area contributed by atoms with Crippen molar-refractivity contribution in [2.75, 3.05) is 5.73 Å². The van der Waals surface area contributed by atoms with Crippen LogP contribution < -0.4 is 11.1 Å². The number of nitrogen functional groups attached to an aromatic ring is 1. The van der Waals surface area contributed by atoms with Crippen molar-refractivity contribution in [2.24, 2.45) is 0 Å². The van der Waals surface area contributed by atoms with E-state index in [-0.39, 0.29) is 5.91 Å². The Labute approximate surface area is 96.3 Å². The Hall–Kier alpha value is -1.82. The number of carbonyl (C=O) groups excluding carboxylic acids is 1. The van der Waals surface area contributed by atoms with Crippen LogP contribution in [0.1, 0.15) is 21.1 Å². The number of carbonyl (C=O) groups is 1. The van der Waals surface area contributed by atoms with Gasteiger partial charge >= 0.3 is 0 Å². The first-order valence-electron chi connectivity index (χ1n) is 4.70. The summed E-state index contributed by atoms with van der Waals surface area (Å²) in [5.74, 6) is 0.534. The summed E-state index contributed by atoms with van der Waals surface area (Å²) < 4.78 is 5.10. The van der Waals surface area contributed by atoms with Crippen molar-refractivity contribution in [3.8, 4) is 0 Å². The number of amides is 1. The highest BCUT2D eigenvalue weighted by molar-refractivity contribution is 7.17. The van der Waals surface area contributed by atoms with Crippen molar-refractivity contribution in [1.82, 2.24) is 10.3 Å². The Morgan fingerprint density at radius 3 is 3.06 bits per heavy atom. The van der Waals surface area contributed by atoms with E-state index in [9.17, 15) is 4.79 Å². The van der Waals surface area contributed by atoms with E-state index < -0.39 is 0 Å². The first-order chi connectivity index (χ1) is 7.66. The number of nitrogens with zero attached hydrogens (tertiary/aromatic N) is 1. The maximum Gasteiger partial charge on any atom is 0.263 e. The first kappa shape index (κ1) is 10.7. The minimum Gasteiger partial charge on any atom is -0.467 e. The largest absolute Gasteiger partial charge is 0.467 e. The minimum absolute atomic E-state index is 0.178. The van der Waals surface area contributed by atoms with Gasteiger partial charge in [0.25, 0.3) is 5.91 Å². The molecule has 2 heterocycles. The molecule has 0 aliphatic carbocycles. The van der Waals surface area contributed by atoms with E-state index >= 15 is 0 Å². The molecule has 0 aliphatic heterocycles. The zero-order valence-electron chi connectivity index (χ0n) is 8.69. The van der Waals surface area contributed by atoms with Gasteiger partial charge in [0.05, 0.1) is 18.5 Å². The predicted octanol–water partition coefficient (Wildman–Crippen LogP) is 1.56. The van der Waals surface area contributed by atoms with Crippen LogP contribution in [0, 0.1) is 6.92 Å². The molecule has 0 atom stereocenters. The second kappa shape index (κ2) is 4.36. The smallest absolute Gasteiger partial charge is 0.263 e. The fourth-order valence-corrected chi connectivity index (χ4v) is 2.04. The molecule has 2 rings (SSSR count). The van der Waals surface area contributed by atoms with E-state index in [2.05, 4.69) is 10.3 Å². The van der Waals surface area contributed by atoms with Crippen molar-refractivity contribution >= 4 is 22.4 Å². The first-order valence-corrected chi connectivity index (χ1v) is 5.52. The lowest BCUT2D eigenvalue weighted by atomic mass is 10.3. The molecule has 0 unspecified atom stereocenters. The average molecular weight is 237 g/mol. The number of aryl methyl sites for hydroxylation is 1. The van der Waals surface area contributed by atoms with E-state index in [1.165, 1.54) is 11.3 Å². The van der Waals surface area contributed by atoms with Crippen LogP contribution in [0.3, 0.4) is 0 Å². The molecule has 0 aromatic carbocycles. The molecule has 16 heavy (non-hydrogen) atoms. The number of nitrogens with two attached hydrogens (primary N) is 1. The summed E-state index contributed by atoms with van der Waals surface area (Å²) in [7, 11) is 0. The number of aromatic nitrogens is 1. The molecule has 2 aromatic heterocycles. The Kier molecular flexibility index (Phi) is 2.91. The fraction of sp³-hybridized carbons (Fsp3) is 0.200. The van der Waals surface area contributed by atoms with Crippen LogP contribution in [-0.4, -0.2) is 10.9 Å². The van der Waals surface area contributed by atoms with Crippen LogP contribution >= 0.6 is 11.3 Å². The number of furan rings is 1. The summed E-state index contributed by atoms with van der Waals surface area (Å²) in [4.78, 5) is 16.3. The summed E-state index contributed by atoms with van der Waals surface area (Å²) >= 11 is 1.18. The maximum absolute atomic E-state index is 11.7. The summed E-state index contributed by atoms with van der Waals surface area (Å²) in [5.41, 5.74) is 6.17. The normalized spacial score (nSPS) is 10.3. The quantitative estimate of drug-likeness (QED) is 0.848. The molecule has 0 spiro atoms. The van der Waals surface area contributed by atoms with Gasteiger partial charge in [-0.1, -0.05) is 11.3 Å². The third-order valence-electron chi connectivity index (χ3n) is 2.02. The molecule has 0 saturated carbocycles. The van der Waals surface area contributed by atoms with Gasteiger partial charge in [-0.25, -0.2) is 4.98 Å². The molecular weight excluding hydrogens is 226 g/mol. The molecule has 0 bridgehead atoms. The standard InChI is InChI=1S/C10H11N3O2S/c1-6-8(16-10(11)13-6)9(14)12-5-7-3-2-4-15-7/h2-4H,5H2,1H3,(H2,11,13)(H,12,14). The molecule has 5 nitrogen and oxygen atoms in total. The second-order valence-electron chi connectivity index (χ2n) is 3.23. The van der Waals surface area contributed by atoms with E-state index in [4.69, 9.17) is 10.2 Å². The zero-order valence-corrected chi connectivity index (χ0v) is 9.50. The highest BCUT2D eigenvalue weighted by Gasteiger charge is 2.13. The maximum atomic E-state index is 11.7. The number of thiazole rings is 1. The van der Waals surface area contributed by atoms with Crippen LogP contribution in [0.2, 0.25) is 0 Å². The van der Waals surface area contributed by atoms with Crippen LogP contribution in [0.5, 0.6) is 0 Å². The van der Waals surface area contributed by atoms with Crippen LogP contribution in [-0.2, 0) is 6.54 Å². The van der Waals surface area contributed by atoms with Gasteiger partial charge < -0.3 is 15.5 Å². The monoisotopic (exact) mass is 237 g/mol. The summed E-state index contributed by atoms with van der Waals surface area (Å²) in [6, 6.07) is 3.57. The van der Waals surface area contributed by atoms with Gasteiger partial charge in [-0.3, -0.25) is 4.79 Å². The van der Waals surface area contributed by atoms with Crippen LogP contribution in [0.4, 0.5) is 5.13 Å². The SMILES string of the molecule is Cc1nc(N)sc1C(=O)NCc1ccco1. The summed E-state index contributed by atoms with van der Waals surface area (Å²) in [6.07, 6.45) is 1.57. The number of anilines is 1. The van der Waals surface area contributed by atoms with Gasteiger partial charge in [-0.15, -0.1) is 0 Å². The third kappa shape index (κ3) is 2.22. The molecular formula is C10H11N3O2S. The lowest BCUT2D eigenvalue weighted by Gasteiger charge is -2.00. The van der Waals surface area contributed by atoms with Gasteiger partial charge in [-0.2, -0.15) is 0 Å². The van der Waals surface area contributed by atoms with Crippen molar-refractivity contribution in [2.45, 2.75) is 13.5 Å². The molecule has 0 fully saturated rings. The molecule has 0 aliphatic rings. The third-order valence-corrected chi connectivity index (χ3v) is 3.01. The van der Waals surface area contributed by atoms with Gasteiger partial charge in [0.1, 0.15) is 10.6 Å². The van der Waals surface area contributed by atoms with E-state index in [1.807, 2.05) is 0 Å². The molecule has 6 heteroatoms. The molecule has 0 radical (unpaired) electrons. The number of nitrogens with one attached hydrogen (secondary N) is 1. The van der Waals surface area contributed by atoms with E-state index in [0.29, 0.717) is 28.0 Å². The van der Waals surface area contributed by atoms with Gasteiger partial charge in [0, 0.05) is 0 Å². The van der Waals surface area contributed by atoms with Crippen molar-refractivity contribution in [1.29, 1.82) is 0 Å². The number of hydrogen-bond donors (Lipinski definition) is 2. The van der Waals surface area contributed by atoms with Crippen molar-refractivity contribution < 1.29 is 9.21 Å². The Morgan fingerprint density at radius 1 is 1.69 bits per heavy atom. The van der Waals surface area contributed by atoms with E-state index in [0.717, 1.165) is 0 Å². The summed E-state index contributed by atoms with van der Waals surface area (Å²) in [6.45, 7) is 2.12. The number of hydrogen-bond acceptors (Lipinski definition) is 5. The zero-order chi connectivity index (χ0) is 11.5. The van der Waals surface area contributed by atoms with Crippen molar-refractivity contribution in [3.05, 3.63) is 34.7 Å². The van der Waals surface area contributed by atoms with E-state index in [1.54, 1.807) is 25.3 Å². The average Bonchev–Trinajstić information content (AvgIpc) is 2.84. The molecule has 1 amide bonds. The highest BCUT2D eigenvalue weighted by Crippen LogP contribution is 2.19. The summed E-state index contributed by atoms with van der Waals surface area (Å²) in [5, 5.41) is 3.14. The molecule has 84 valence electrons. The Bertz CT molecular complexity index is 490. The molecule has 0 saturated heterocycles. The number of rotatable bonds is 3. The highest BCUT2D eigenvalue weighted by atomic mass is 32.1. The van der Waals surface area contributed by atoms with Crippen molar-refractivity contribution in [3.63, 3.8) is 0 Å².